The molecule has 3 aliphatic rings. The Kier molecular flexibility index (Phi) is 3.87. The van der Waals surface area contributed by atoms with Crippen molar-refractivity contribution in [2.24, 2.45) is 0 Å². The molecule has 6 nitrogen and oxygen atoms in total. The highest BCUT2D eigenvalue weighted by Gasteiger charge is 2.58. The summed E-state index contributed by atoms with van der Waals surface area (Å²) in [6.07, 6.45) is 0.817. The fraction of sp³-hybridized carbons (Fsp3) is 0.571. The van der Waals surface area contributed by atoms with Crippen LogP contribution in [0.1, 0.15) is 39.2 Å². The third-order valence-electron chi connectivity index (χ3n) is 5.53. The molecule has 144 valence electrons. The van der Waals surface area contributed by atoms with Gasteiger partial charge in [-0.25, -0.2) is 0 Å². The molecule has 3 aliphatic heterocycles. The Morgan fingerprint density at radius 1 is 0.926 bits per heavy atom. The third-order valence-corrected chi connectivity index (χ3v) is 5.53. The molecule has 0 unspecified atom stereocenters. The molecule has 0 N–H and O–H groups in total. The van der Waals surface area contributed by atoms with Crippen LogP contribution in [0.25, 0.3) is 10.9 Å². The number of rotatable bonds is 2. The van der Waals surface area contributed by atoms with Gasteiger partial charge in [-0.1, -0.05) is 18.2 Å². The predicted octanol–water partition coefficient (Wildman–Crippen LogP) is 3.35. The van der Waals surface area contributed by atoms with E-state index in [4.69, 9.17) is 23.7 Å². The van der Waals surface area contributed by atoms with Crippen molar-refractivity contribution in [2.45, 2.75) is 69.8 Å². The van der Waals surface area contributed by atoms with Gasteiger partial charge in [-0.3, -0.25) is 4.98 Å². The second kappa shape index (κ2) is 5.96. The highest BCUT2D eigenvalue weighted by molar-refractivity contribution is 5.82. The molecule has 0 saturated carbocycles. The van der Waals surface area contributed by atoms with Crippen LogP contribution in [0.5, 0.6) is 0 Å². The minimum absolute atomic E-state index is 0.0350. The first kappa shape index (κ1) is 17.5. The summed E-state index contributed by atoms with van der Waals surface area (Å²) in [7, 11) is 0. The summed E-state index contributed by atoms with van der Waals surface area (Å²) in [5.74, 6) is -1.32. The lowest BCUT2D eigenvalue weighted by Crippen LogP contribution is -2.38. The van der Waals surface area contributed by atoms with Crippen molar-refractivity contribution >= 4 is 10.9 Å². The van der Waals surface area contributed by atoms with E-state index in [-0.39, 0.29) is 24.2 Å². The zero-order valence-electron chi connectivity index (χ0n) is 16.0. The second-order valence-electron chi connectivity index (χ2n) is 8.38. The molecule has 0 radical (unpaired) electrons. The molecular formula is C21H25NO5. The van der Waals surface area contributed by atoms with Crippen molar-refractivity contribution in [3.8, 4) is 0 Å². The molecule has 1 aromatic carbocycles. The van der Waals surface area contributed by atoms with Gasteiger partial charge in [0.2, 0.25) is 0 Å². The lowest BCUT2D eigenvalue weighted by Gasteiger charge is -2.29. The highest BCUT2D eigenvalue weighted by atomic mass is 16.8. The molecule has 5 rings (SSSR count). The number of pyridine rings is 1. The first-order valence-corrected chi connectivity index (χ1v) is 9.50. The molecule has 0 bridgehead atoms. The Morgan fingerprint density at radius 3 is 2.52 bits per heavy atom. The Bertz CT molecular complexity index is 861. The van der Waals surface area contributed by atoms with Gasteiger partial charge < -0.3 is 23.7 Å². The van der Waals surface area contributed by atoms with Crippen LogP contribution in [-0.2, 0) is 23.7 Å². The van der Waals surface area contributed by atoms with Gasteiger partial charge in [0.15, 0.2) is 17.9 Å². The summed E-state index contributed by atoms with van der Waals surface area (Å²) in [6, 6.07) is 10.2. The molecule has 0 amide bonds. The summed E-state index contributed by atoms with van der Waals surface area (Å²) in [5, 5.41) is 1.10. The quantitative estimate of drug-likeness (QED) is 0.807. The largest absolute Gasteiger partial charge is 0.348 e. The van der Waals surface area contributed by atoms with Gasteiger partial charge in [0.25, 0.3) is 0 Å². The summed E-state index contributed by atoms with van der Waals surface area (Å²) in [6.45, 7) is 8.18. The van der Waals surface area contributed by atoms with Gasteiger partial charge in [-0.05, 0) is 45.4 Å². The summed E-state index contributed by atoms with van der Waals surface area (Å²) in [5.41, 5.74) is 2.10. The Labute approximate surface area is 158 Å². The Morgan fingerprint density at radius 2 is 1.74 bits per heavy atom. The topological polar surface area (TPSA) is 59.0 Å². The van der Waals surface area contributed by atoms with Crippen LogP contribution in [-0.4, -0.2) is 47.8 Å². The van der Waals surface area contributed by atoms with Crippen LogP contribution in [0, 0.1) is 0 Å². The number of nitrogens with zero attached hydrogens (tertiary/aromatic N) is 1. The number of ether oxygens (including phenoxy) is 5. The van der Waals surface area contributed by atoms with Crippen LogP contribution in [0.2, 0.25) is 0 Å². The molecule has 3 saturated heterocycles. The molecule has 2 aromatic rings. The van der Waals surface area contributed by atoms with E-state index >= 15 is 0 Å². The predicted molar refractivity (Wildman–Crippen MR) is 98.1 cm³/mol. The van der Waals surface area contributed by atoms with Crippen LogP contribution in [0.3, 0.4) is 0 Å². The number of benzene rings is 1. The average Bonchev–Trinajstić information content (AvgIpc) is 3.23. The maximum absolute atomic E-state index is 6.34. The van der Waals surface area contributed by atoms with E-state index in [1.807, 2.05) is 52.1 Å². The first-order valence-electron chi connectivity index (χ1n) is 9.50. The number of fused-ring (bicyclic) bond motifs is 2. The van der Waals surface area contributed by atoms with Gasteiger partial charge in [0, 0.05) is 17.5 Å². The van der Waals surface area contributed by atoms with Crippen molar-refractivity contribution in [1.29, 1.82) is 0 Å². The summed E-state index contributed by atoms with van der Waals surface area (Å²) in [4.78, 5) is 4.50. The van der Waals surface area contributed by atoms with E-state index in [9.17, 15) is 0 Å². The van der Waals surface area contributed by atoms with E-state index in [0.29, 0.717) is 6.61 Å². The molecule has 0 aliphatic carbocycles. The number of hydrogen-bond donors (Lipinski definition) is 0. The van der Waals surface area contributed by atoms with Crippen LogP contribution in [0.4, 0.5) is 0 Å². The van der Waals surface area contributed by atoms with E-state index in [0.717, 1.165) is 16.5 Å². The Balaban J connectivity index is 1.58. The van der Waals surface area contributed by atoms with E-state index in [2.05, 4.69) is 17.1 Å². The van der Waals surface area contributed by atoms with Gasteiger partial charge in [-0.15, -0.1) is 0 Å². The summed E-state index contributed by atoms with van der Waals surface area (Å²) < 4.78 is 30.6. The average molecular weight is 371 g/mol. The minimum atomic E-state index is -0.673. The van der Waals surface area contributed by atoms with E-state index < -0.39 is 17.9 Å². The molecule has 1 aromatic heterocycles. The second-order valence-corrected chi connectivity index (χ2v) is 8.38. The fourth-order valence-electron chi connectivity index (χ4n) is 4.49. The van der Waals surface area contributed by atoms with Gasteiger partial charge in [-0.2, -0.15) is 0 Å². The van der Waals surface area contributed by atoms with Crippen molar-refractivity contribution in [2.75, 3.05) is 6.61 Å². The lowest BCUT2D eigenvalue weighted by atomic mass is 9.86. The van der Waals surface area contributed by atoms with Crippen LogP contribution in [0.15, 0.2) is 36.5 Å². The Hall–Kier alpha value is -1.57. The molecule has 27 heavy (non-hydrogen) atoms. The first-order chi connectivity index (χ1) is 12.8. The lowest BCUT2D eigenvalue weighted by molar-refractivity contribution is -0.223. The van der Waals surface area contributed by atoms with Gasteiger partial charge in [0.1, 0.15) is 12.2 Å². The van der Waals surface area contributed by atoms with Crippen molar-refractivity contribution < 1.29 is 23.7 Å². The molecule has 5 atom stereocenters. The van der Waals surface area contributed by atoms with Gasteiger partial charge >= 0.3 is 0 Å². The maximum atomic E-state index is 6.34. The van der Waals surface area contributed by atoms with Crippen molar-refractivity contribution in [3.63, 3.8) is 0 Å². The highest BCUT2D eigenvalue weighted by Crippen LogP contribution is 2.49. The molecule has 3 fully saturated rings. The molecular weight excluding hydrogens is 346 g/mol. The van der Waals surface area contributed by atoms with E-state index in [1.165, 1.54) is 0 Å². The number of hydrogen-bond acceptors (Lipinski definition) is 6. The molecule has 0 spiro atoms. The van der Waals surface area contributed by atoms with E-state index in [1.54, 1.807) is 0 Å². The molecule has 4 heterocycles. The van der Waals surface area contributed by atoms with Crippen LogP contribution < -0.4 is 0 Å². The zero-order valence-corrected chi connectivity index (χ0v) is 16.0. The third kappa shape index (κ3) is 2.96. The number of para-hydroxylation sites is 1. The monoisotopic (exact) mass is 371 g/mol. The number of aromatic nitrogens is 1. The SMILES string of the molecule is CC1(C)O[C@H]2O[C@@H]([C@H]3COC(C)(C)O3)[C@H](c3ccnc4ccccc34)[C@H]2O1. The van der Waals surface area contributed by atoms with Crippen molar-refractivity contribution in [3.05, 3.63) is 42.1 Å². The fourth-order valence-corrected chi connectivity index (χ4v) is 4.49. The zero-order chi connectivity index (χ0) is 18.8. The summed E-state index contributed by atoms with van der Waals surface area (Å²) >= 11 is 0. The maximum Gasteiger partial charge on any atom is 0.188 e. The standard InChI is InChI=1S/C21H25NO5/c1-20(2)23-11-15(25-20)17-16(18-19(24-17)27-21(3,4)26-18)13-9-10-22-14-8-6-5-7-12(13)14/h5-10,15-19H,11H2,1-4H3/t15-,16+,17+,18-,19-/m1/s1. The van der Waals surface area contributed by atoms with Gasteiger partial charge in [0.05, 0.1) is 18.2 Å². The van der Waals surface area contributed by atoms with Crippen molar-refractivity contribution in [1.82, 2.24) is 4.98 Å². The van der Waals surface area contributed by atoms with Crippen LogP contribution >= 0.6 is 0 Å². The minimum Gasteiger partial charge on any atom is -0.348 e. The normalized spacial score (nSPS) is 37.0. The smallest absolute Gasteiger partial charge is 0.188 e. The molecule has 6 heteroatoms.